The number of rotatable bonds is 5. The Morgan fingerprint density at radius 3 is 2.75 bits per heavy atom. The lowest BCUT2D eigenvalue weighted by molar-refractivity contribution is -0.131. The molecule has 0 unspecified atom stereocenters. The summed E-state index contributed by atoms with van der Waals surface area (Å²) < 4.78 is 28.0. The third-order valence-corrected chi connectivity index (χ3v) is 5.29. The molecule has 0 saturated carbocycles. The van der Waals surface area contributed by atoms with E-state index in [1.165, 1.54) is 16.6 Å². The molecule has 1 aliphatic heterocycles. The van der Waals surface area contributed by atoms with Crippen molar-refractivity contribution in [3.05, 3.63) is 17.2 Å². The minimum absolute atomic E-state index is 0.237. The second-order valence-electron chi connectivity index (χ2n) is 4.31. The lowest BCUT2D eigenvalue weighted by atomic mass is 10.2. The first kappa shape index (κ1) is 14.9. The molecule has 1 fully saturated rings. The van der Waals surface area contributed by atoms with E-state index in [2.05, 4.69) is 9.71 Å². The Hall–Kier alpha value is -1.45. The van der Waals surface area contributed by atoms with E-state index in [-0.39, 0.29) is 5.13 Å². The summed E-state index contributed by atoms with van der Waals surface area (Å²) in [6.07, 6.45) is 6.57. The molecule has 0 aromatic carbocycles. The number of piperidine rings is 1. The number of hydrogen-bond acceptors (Lipinski definition) is 5. The van der Waals surface area contributed by atoms with Gasteiger partial charge in [0.25, 0.3) is 0 Å². The fourth-order valence-corrected chi connectivity index (χ4v) is 4.04. The first-order valence-electron chi connectivity index (χ1n) is 6.12. The average molecular weight is 317 g/mol. The number of nitrogens with one attached hydrogen (secondary N) is 1. The average Bonchev–Trinajstić information content (AvgIpc) is 2.84. The minimum atomic E-state index is -3.56. The molecule has 1 aromatic heterocycles. The summed E-state index contributed by atoms with van der Waals surface area (Å²) >= 11 is 1.09. The zero-order valence-corrected chi connectivity index (χ0v) is 12.3. The molecular weight excluding hydrogens is 302 g/mol. The summed E-state index contributed by atoms with van der Waals surface area (Å²) in [5.41, 5.74) is 0. The molecule has 7 nitrogen and oxygen atoms in total. The first-order valence-corrected chi connectivity index (χ1v) is 8.38. The molecule has 2 rings (SSSR count). The number of carboxylic acid groups (broad SMARTS) is 1. The highest BCUT2D eigenvalue weighted by molar-refractivity contribution is 7.90. The molecule has 1 aromatic rings. The maximum absolute atomic E-state index is 12.1. The van der Waals surface area contributed by atoms with E-state index in [0.29, 0.717) is 18.0 Å². The van der Waals surface area contributed by atoms with Crippen molar-refractivity contribution in [2.24, 2.45) is 0 Å². The topological polar surface area (TPSA) is 99.6 Å². The Kier molecular flexibility index (Phi) is 4.73. The van der Waals surface area contributed by atoms with Crippen LogP contribution in [0, 0.1) is 0 Å². The van der Waals surface area contributed by atoms with Crippen LogP contribution in [0.2, 0.25) is 0 Å². The largest absolute Gasteiger partial charge is 0.478 e. The van der Waals surface area contributed by atoms with Gasteiger partial charge in [-0.3, -0.25) is 0 Å². The highest BCUT2D eigenvalue weighted by Gasteiger charge is 2.24. The van der Waals surface area contributed by atoms with Crippen molar-refractivity contribution in [1.82, 2.24) is 9.29 Å². The van der Waals surface area contributed by atoms with Crippen LogP contribution >= 0.6 is 11.3 Å². The highest BCUT2D eigenvalue weighted by atomic mass is 32.2. The van der Waals surface area contributed by atoms with Crippen molar-refractivity contribution in [2.75, 3.05) is 17.8 Å². The number of hydrogen-bond donors (Lipinski definition) is 2. The van der Waals surface area contributed by atoms with Crippen molar-refractivity contribution < 1.29 is 18.3 Å². The van der Waals surface area contributed by atoms with Crippen molar-refractivity contribution in [2.45, 2.75) is 19.3 Å². The predicted octanol–water partition coefficient (Wildman–Crippen LogP) is 1.38. The zero-order chi connectivity index (χ0) is 14.6. The van der Waals surface area contributed by atoms with Gasteiger partial charge in [0.05, 0.1) is 0 Å². The second-order valence-corrected chi connectivity index (χ2v) is 7.04. The van der Waals surface area contributed by atoms with Crippen LogP contribution in [0.15, 0.2) is 12.3 Å². The van der Waals surface area contributed by atoms with Crippen LogP contribution in [-0.4, -0.2) is 41.9 Å². The van der Waals surface area contributed by atoms with E-state index < -0.39 is 16.2 Å². The monoisotopic (exact) mass is 317 g/mol. The van der Waals surface area contributed by atoms with Gasteiger partial charge in [-0.1, -0.05) is 17.8 Å². The van der Waals surface area contributed by atoms with E-state index >= 15 is 0 Å². The molecule has 1 saturated heterocycles. The SMILES string of the molecule is O=C(O)C=Cc1cnc(NS(=O)(=O)N2CCCCC2)s1. The number of carboxylic acids is 1. The first-order chi connectivity index (χ1) is 9.47. The molecule has 0 radical (unpaired) electrons. The normalized spacial score (nSPS) is 17.4. The van der Waals surface area contributed by atoms with Crippen molar-refractivity contribution >= 4 is 38.7 Å². The molecule has 20 heavy (non-hydrogen) atoms. The fourth-order valence-electron chi connectivity index (χ4n) is 1.84. The van der Waals surface area contributed by atoms with Gasteiger partial charge in [0.1, 0.15) is 0 Å². The third kappa shape index (κ3) is 4.02. The standard InChI is InChI=1S/C11H15N3O4S2/c15-10(16)5-4-9-8-12-11(19-9)13-20(17,18)14-6-2-1-3-7-14/h4-5,8H,1-3,6-7H2,(H,12,13)(H,15,16). The summed E-state index contributed by atoms with van der Waals surface area (Å²) in [5.74, 6) is -1.06. The van der Waals surface area contributed by atoms with Gasteiger partial charge >= 0.3 is 16.2 Å². The van der Waals surface area contributed by atoms with Gasteiger partial charge in [0.2, 0.25) is 0 Å². The lowest BCUT2D eigenvalue weighted by Gasteiger charge is -2.25. The quantitative estimate of drug-likeness (QED) is 0.799. The van der Waals surface area contributed by atoms with E-state index in [9.17, 15) is 13.2 Å². The van der Waals surface area contributed by atoms with Crippen molar-refractivity contribution in [1.29, 1.82) is 0 Å². The van der Waals surface area contributed by atoms with Gasteiger partial charge in [-0.05, 0) is 18.9 Å². The van der Waals surface area contributed by atoms with E-state index in [1.54, 1.807) is 0 Å². The van der Waals surface area contributed by atoms with E-state index in [0.717, 1.165) is 36.7 Å². The van der Waals surface area contributed by atoms with Crippen LogP contribution in [0.3, 0.4) is 0 Å². The molecule has 2 N–H and O–H groups in total. The number of anilines is 1. The maximum atomic E-state index is 12.1. The second kappa shape index (κ2) is 6.33. The number of aromatic nitrogens is 1. The Bertz CT molecular complexity index is 603. The van der Waals surface area contributed by atoms with Crippen LogP contribution in [0.1, 0.15) is 24.1 Å². The summed E-state index contributed by atoms with van der Waals surface area (Å²) in [6.45, 7) is 1.04. The van der Waals surface area contributed by atoms with E-state index in [1.807, 2.05) is 0 Å². The van der Waals surface area contributed by atoms with Crippen LogP contribution in [0.4, 0.5) is 5.13 Å². The number of carbonyl (C=O) groups is 1. The Balaban J connectivity index is 2.04. The molecule has 1 aliphatic rings. The molecule has 0 aliphatic carbocycles. The summed E-state index contributed by atoms with van der Waals surface area (Å²) in [4.78, 5) is 14.9. The number of nitrogens with zero attached hydrogens (tertiary/aromatic N) is 2. The summed E-state index contributed by atoms with van der Waals surface area (Å²) in [6, 6.07) is 0. The van der Waals surface area contributed by atoms with Crippen LogP contribution in [0.5, 0.6) is 0 Å². The van der Waals surface area contributed by atoms with Crippen LogP contribution in [0.25, 0.3) is 6.08 Å². The smallest absolute Gasteiger partial charge is 0.328 e. The molecule has 2 heterocycles. The Morgan fingerprint density at radius 1 is 1.40 bits per heavy atom. The zero-order valence-electron chi connectivity index (χ0n) is 10.7. The minimum Gasteiger partial charge on any atom is -0.478 e. The summed E-state index contributed by atoms with van der Waals surface area (Å²) in [7, 11) is -3.56. The highest BCUT2D eigenvalue weighted by Crippen LogP contribution is 2.22. The summed E-state index contributed by atoms with van der Waals surface area (Å²) in [5, 5.41) is 8.75. The lowest BCUT2D eigenvalue weighted by Crippen LogP contribution is -2.39. The maximum Gasteiger partial charge on any atom is 0.328 e. The molecule has 110 valence electrons. The van der Waals surface area contributed by atoms with Crippen LogP contribution in [-0.2, 0) is 15.0 Å². The van der Waals surface area contributed by atoms with Gasteiger partial charge in [-0.15, -0.1) is 0 Å². The van der Waals surface area contributed by atoms with Gasteiger partial charge in [0, 0.05) is 30.2 Å². The van der Waals surface area contributed by atoms with Gasteiger partial charge in [-0.25, -0.2) is 14.5 Å². The molecule has 0 atom stereocenters. The van der Waals surface area contributed by atoms with Crippen molar-refractivity contribution in [3.8, 4) is 0 Å². The molecule has 9 heteroatoms. The predicted molar refractivity (Wildman–Crippen MR) is 76.8 cm³/mol. The van der Waals surface area contributed by atoms with Crippen LogP contribution < -0.4 is 4.72 Å². The van der Waals surface area contributed by atoms with Gasteiger partial charge in [0.15, 0.2) is 5.13 Å². The molecule has 0 spiro atoms. The number of thiazole rings is 1. The molecule has 0 bridgehead atoms. The molecular formula is C11H15N3O4S2. The Morgan fingerprint density at radius 2 is 2.10 bits per heavy atom. The Labute approximate surface area is 121 Å². The van der Waals surface area contributed by atoms with Crippen molar-refractivity contribution in [3.63, 3.8) is 0 Å². The van der Waals surface area contributed by atoms with Gasteiger partial charge in [-0.2, -0.15) is 12.7 Å². The van der Waals surface area contributed by atoms with E-state index in [4.69, 9.17) is 5.11 Å². The number of aliphatic carboxylic acids is 1. The fraction of sp³-hybridized carbons (Fsp3) is 0.455. The third-order valence-electron chi connectivity index (χ3n) is 2.78. The molecule has 0 amide bonds. The van der Waals surface area contributed by atoms with Gasteiger partial charge < -0.3 is 5.11 Å².